The fourth-order valence-corrected chi connectivity index (χ4v) is 3.13. The van der Waals surface area contributed by atoms with Gasteiger partial charge in [-0.05, 0) is 25.0 Å². The van der Waals surface area contributed by atoms with E-state index in [0.717, 1.165) is 18.4 Å². The van der Waals surface area contributed by atoms with Gasteiger partial charge in [-0.25, -0.2) is 0 Å². The predicted octanol–water partition coefficient (Wildman–Crippen LogP) is 4.87. The molecule has 0 amide bonds. The molecule has 1 aromatic carbocycles. The summed E-state index contributed by atoms with van der Waals surface area (Å²) in [5, 5.41) is 14.0. The minimum atomic E-state index is -0.354. The van der Waals surface area contributed by atoms with E-state index in [4.69, 9.17) is 23.2 Å². The van der Waals surface area contributed by atoms with Gasteiger partial charge in [0, 0.05) is 21.7 Å². The normalized spacial score (nSPS) is 18.6. The van der Waals surface area contributed by atoms with Crippen LogP contribution >= 0.6 is 23.2 Å². The third kappa shape index (κ3) is 4.11. The van der Waals surface area contributed by atoms with E-state index in [1.165, 1.54) is 25.7 Å². The molecule has 0 radical (unpaired) electrons. The topological polar surface area (TPSA) is 35.8 Å². The van der Waals surface area contributed by atoms with Crippen LogP contribution in [0.4, 0.5) is 0 Å². The first-order chi connectivity index (χ1) is 9.20. The molecule has 0 aromatic heterocycles. The summed E-state index contributed by atoms with van der Waals surface area (Å²) in [4.78, 5) is 0. The number of nitrogens with one attached hydrogen (secondary N) is 1. The van der Waals surface area contributed by atoms with Crippen LogP contribution in [0.5, 0.6) is 0 Å². The molecule has 0 bridgehead atoms. The van der Waals surface area contributed by atoms with Crippen molar-refractivity contribution in [3.05, 3.63) is 33.8 Å². The van der Waals surface area contributed by atoms with Gasteiger partial charge in [-0.3, -0.25) is 5.32 Å². The maximum Gasteiger partial charge on any atom is 0.123 e. The number of nitrogens with zero attached hydrogens (tertiary/aromatic N) is 1. The Morgan fingerprint density at radius 3 is 2.42 bits per heavy atom. The Labute approximate surface area is 124 Å². The standard InChI is InChI=1S/C15H18Cl2N2/c16-11-7-8-13(14(17)9-11)15(10-18)19-12-5-3-1-2-4-6-12/h7-9,12,15,19H,1-6H2. The van der Waals surface area contributed by atoms with E-state index in [2.05, 4.69) is 11.4 Å². The fraction of sp³-hybridized carbons (Fsp3) is 0.533. The number of halogens is 2. The van der Waals surface area contributed by atoms with E-state index in [-0.39, 0.29) is 6.04 Å². The summed E-state index contributed by atoms with van der Waals surface area (Å²) in [6.45, 7) is 0. The van der Waals surface area contributed by atoms with E-state index in [1.807, 2.05) is 6.07 Å². The van der Waals surface area contributed by atoms with Gasteiger partial charge < -0.3 is 0 Å². The summed E-state index contributed by atoms with van der Waals surface area (Å²) in [7, 11) is 0. The molecule has 0 saturated heterocycles. The summed E-state index contributed by atoms with van der Waals surface area (Å²) in [6.07, 6.45) is 7.37. The largest absolute Gasteiger partial charge is 0.295 e. The van der Waals surface area contributed by atoms with Gasteiger partial charge in [0.1, 0.15) is 6.04 Å². The van der Waals surface area contributed by atoms with Gasteiger partial charge >= 0.3 is 0 Å². The van der Waals surface area contributed by atoms with Crippen molar-refractivity contribution in [3.8, 4) is 6.07 Å². The van der Waals surface area contributed by atoms with Crippen LogP contribution in [0.25, 0.3) is 0 Å². The summed E-state index contributed by atoms with van der Waals surface area (Å²) in [5.41, 5.74) is 0.817. The second-order valence-corrected chi connectivity index (χ2v) is 5.93. The Morgan fingerprint density at radius 1 is 1.16 bits per heavy atom. The molecule has 1 aliphatic rings. The van der Waals surface area contributed by atoms with Crippen LogP contribution in [0.1, 0.15) is 50.1 Å². The highest BCUT2D eigenvalue weighted by molar-refractivity contribution is 6.35. The molecule has 0 heterocycles. The lowest BCUT2D eigenvalue weighted by Gasteiger charge is -2.21. The molecule has 2 nitrogen and oxygen atoms in total. The summed E-state index contributed by atoms with van der Waals surface area (Å²) < 4.78 is 0. The molecule has 1 aromatic rings. The molecule has 19 heavy (non-hydrogen) atoms. The second kappa shape index (κ2) is 7.14. The van der Waals surface area contributed by atoms with E-state index >= 15 is 0 Å². The highest BCUT2D eigenvalue weighted by Crippen LogP contribution is 2.27. The van der Waals surface area contributed by atoms with Gasteiger partial charge in [-0.15, -0.1) is 0 Å². The average Bonchev–Trinajstić information content (AvgIpc) is 2.65. The summed E-state index contributed by atoms with van der Waals surface area (Å²) in [6, 6.07) is 7.68. The molecular formula is C15H18Cl2N2. The zero-order chi connectivity index (χ0) is 13.7. The van der Waals surface area contributed by atoms with Crippen molar-refractivity contribution in [2.45, 2.75) is 50.6 Å². The lowest BCUT2D eigenvalue weighted by molar-refractivity contribution is 0.437. The van der Waals surface area contributed by atoms with Gasteiger partial charge in [0.05, 0.1) is 6.07 Å². The van der Waals surface area contributed by atoms with Crippen molar-refractivity contribution < 1.29 is 0 Å². The molecule has 102 valence electrons. The van der Waals surface area contributed by atoms with Crippen LogP contribution in [-0.2, 0) is 0 Å². The lowest BCUT2D eigenvalue weighted by atomic mass is 10.0. The van der Waals surface area contributed by atoms with Crippen molar-refractivity contribution >= 4 is 23.2 Å². The van der Waals surface area contributed by atoms with E-state index < -0.39 is 0 Å². The second-order valence-electron chi connectivity index (χ2n) is 5.08. The third-order valence-corrected chi connectivity index (χ3v) is 4.22. The highest BCUT2D eigenvalue weighted by Gasteiger charge is 2.19. The van der Waals surface area contributed by atoms with Crippen molar-refractivity contribution in [1.82, 2.24) is 5.32 Å². The molecule has 4 heteroatoms. The molecular weight excluding hydrogens is 279 g/mol. The van der Waals surface area contributed by atoms with Crippen molar-refractivity contribution in [3.63, 3.8) is 0 Å². The van der Waals surface area contributed by atoms with E-state index in [0.29, 0.717) is 16.1 Å². The van der Waals surface area contributed by atoms with Gasteiger partial charge in [0.2, 0.25) is 0 Å². The number of hydrogen-bond donors (Lipinski definition) is 1. The third-order valence-electron chi connectivity index (χ3n) is 3.66. The molecule has 1 fully saturated rings. The zero-order valence-electron chi connectivity index (χ0n) is 10.8. The van der Waals surface area contributed by atoms with Crippen LogP contribution in [0.15, 0.2) is 18.2 Å². The Morgan fingerprint density at radius 2 is 1.84 bits per heavy atom. The van der Waals surface area contributed by atoms with Gasteiger partial charge in [0.25, 0.3) is 0 Å². The average molecular weight is 297 g/mol. The Balaban J connectivity index is 2.09. The molecule has 2 rings (SSSR count). The first-order valence-electron chi connectivity index (χ1n) is 6.81. The quantitative estimate of drug-likeness (QED) is 0.808. The van der Waals surface area contributed by atoms with E-state index in [1.54, 1.807) is 12.1 Å². The van der Waals surface area contributed by atoms with Gasteiger partial charge in [-0.1, -0.05) is 55.0 Å². The number of benzene rings is 1. The van der Waals surface area contributed by atoms with Crippen LogP contribution < -0.4 is 5.32 Å². The molecule has 1 atom stereocenters. The van der Waals surface area contributed by atoms with E-state index in [9.17, 15) is 5.26 Å². The van der Waals surface area contributed by atoms with Crippen molar-refractivity contribution in [1.29, 1.82) is 5.26 Å². The number of rotatable bonds is 3. The smallest absolute Gasteiger partial charge is 0.123 e. The number of hydrogen-bond acceptors (Lipinski definition) is 2. The maximum atomic E-state index is 9.37. The maximum absolute atomic E-state index is 9.37. The minimum absolute atomic E-state index is 0.354. The fourth-order valence-electron chi connectivity index (χ4n) is 2.61. The lowest BCUT2D eigenvalue weighted by Crippen LogP contribution is -2.32. The van der Waals surface area contributed by atoms with Gasteiger partial charge in [-0.2, -0.15) is 5.26 Å². The monoisotopic (exact) mass is 296 g/mol. The summed E-state index contributed by atoms with van der Waals surface area (Å²) >= 11 is 12.1. The Kier molecular flexibility index (Phi) is 5.51. The molecule has 1 N–H and O–H groups in total. The Hall–Kier alpha value is -0.750. The molecule has 1 unspecified atom stereocenters. The first-order valence-corrected chi connectivity index (χ1v) is 7.57. The molecule has 0 aliphatic heterocycles. The van der Waals surface area contributed by atoms with Gasteiger partial charge in [0.15, 0.2) is 0 Å². The summed E-state index contributed by atoms with van der Waals surface area (Å²) in [5.74, 6) is 0. The number of nitriles is 1. The SMILES string of the molecule is N#CC(NC1CCCCCC1)c1ccc(Cl)cc1Cl. The first kappa shape index (κ1) is 14.7. The Bertz CT molecular complexity index is 460. The highest BCUT2D eigenvalue weighted by atomic mass is 35.5. The predicted molar refractivity (Wildman–Crippen MR) is 79.4 cm³/mol. The molecule has 1 saturated carbocycles. The van der Waals surface area contributed by atoms with Crippen LogP contribution in [0.2, 0.25) is 10.0 Å². The molecule has 0 spiro atoms. The van der Waals surface area contributed by atoms with Crippen LogP contribution in [0, 0.1) is 11.3 Å². The minimum Gasteiger partial charge on any atom is -0.295 e. The van der Waals surface area contributed by atoms with Crippen molar-refractivity contribution in [2.75, 3.05) is 0 Å². The van der Waals surface area contributed by atoms with Crippen molar-refractivity contribution in [2.24, 2.45) is 0 Å². The van der Waals surface area contributed by atoms with Crippen LogP contribution in [-0.4, -0.2) is 6.04 Å². The van der Waals surface area contributed by atoms with Crippen LogP contribution in [0.3, 0.4) is 0 Å². The zero-order valence-corrected chi connectivity index (χ0v) is 12.3. The molecule has 1 aliphatic carbocycles.